The van der Waals surface area contributed by atoms with Crippen LogP contribution in [0.3, 0.4) is 0 Å². The highest BCUT2D eigenvalue weighted by molar-refractivity contribution is 9.10. The predicted molar refractivity (Wildman–Crippen MR) is 116 cm³/mol. The monoisotopic (exact) mass is 450 g/mol. The maximum absolute atomic E-state index is 12.6. The van der Waals surface area contributed by atoms with Crippen LogP contribution in [0, 0.1) is 6.92 Å². The van der Waals surface area contributed by atoms with Gasteiger partial charge < -0.3 is 15.0 Å². The minimum Gasteiger partial charge on any atom is -0.482 e. The highest BCUT2D eigenvalue weighted by Gasteiger charge is 2.26. The molecule has 1 aliphatic rings. The average Bonchev–Trinajstić information content (AvgIpc) is 2.71. The minimum atomic E-state index is -0.223. The molecule has 0 fully saturated rings. The highest BCUT2D eigenvalue weighted by atomic mass is 79.9. The van der Waals surface area contributed by atoms with Crippen molar-refractivity contribution in [2.75, 3.05) is 16.8 Å². The van der Waals surface area contributed by atoms with Gasteiger partial charge in [0.25, 0.3) is 11.8 Å². The number of rotatable bonds is 4. The van der Waals surface area contributed by atoms with Crippen LogP contribution in [0.2, 0.25) is 0 Å². The Morgan fingerprint density at radius 2 is 1.90 bits per heavy atom. The zero-order valence-electron chi connectivity index (χ0n) is 15.8. The molecule has 0 aliphatic carbocycles. The second-order valence-corrected chi connectivity index (χ2v) is 7.82. The summed E-state index contributed by atoms with van der Waals surface area (Å²) in [7, 11) is 0. The Labute approximate surface area is 177 Å². The molecule has 0 spiro atoms. The van der Waals surface area contributed by atoms with Crippen LogP contribution in [0.25, 0.3) is 0 Å². The largest absolute Gasteiger partial charge is 0.482 e. The molecule has 0 radical (unpaired) electrons. The third kappa shape index (κ3) is 4.32. The Kier molecular flexibility index (Phi) is 5.36. The van der Waals surface area contributed by atoms with Gasteiger partial charge in [0, 0.05) is 15.7 Å². The average molecular weight is 451 g/mol. The topological polar surface area (TPSA) is 58.6 Å². The summed E-state index contributed by atoms with van der Waals surface area (Å²) >= 11 is 3.37. The van der Waals surface area contributed by atoms with Crippen molar-refractivity contribution in [3.8, 4) is 5.75 Å². The first-order chi connectivity index (χ1) is 14.0. The number of aryl methyl sites for hydroxylation is 1. The van der Waals surface area contributed by atoms with E-state index in [1.54, 1.807) is 35.2 Å². The first kappa shape index (κ1) is 19.2. The van der Waals surface area contributed by atoms with Gasteiger partial charge in [-0.25, -0.2) is 0 Å². The lowest BCUT2D eigenvalue weighted by atomic mass is 10.1. The fourth-order valence-electron chi connectivity index (χ4n) is 3.16. The summed E-state index contributed by atoms with van der Waals surface area (Å²) in [5.74, 6) is 0.282. The quantitative estimate of drug-likeness (QED) is 0.612. The molecule has 0 aromatic heterocycles. The van der Waals surface area contributed by atoms with Crippen molar-refractivity contribution in [2.45, 2.75) is 13.5 Å². The molecule has 0 saturated carbocycles. The molecule has 6 heteroatoms. The van der Waals surface area contributed by atoms with Crippen LogP contribution in [0.5, 0.6) is 5.75 Å². The van der Waals surface area contributed by atoms with Crippen molar-refractivity contribution < 1.29 is 14.3 Å². The van der Waals surface area contributed by atoms with Gasteiger partial charge >= 0.3 is 0 Å². The van der Waals surface area contributed by atoms with Crippen LogP contribution in [-0.2, 0) is 11.3 Å². The zero-order valence-corrected chi connectivity index (χ0v) is 17.4. The molecule has 29 heavy (non-hydrogen) atoms. The van der Waals surface area contributed by atoms with Gasteiger partial charge in [-0.3, -0.25) is 9.59 Å². The number of amides is 2. The molecule has 1 heterocycles. The normalized spacial score (nSPS) is 12.9. The predicted octanol–water partition coefficient (Wildman–Crippen LogP) is 4.94. The van der Waals surface area contributed by atoms with Crippen LogP contribution in [-0.4, -0.2) is 18.4 Å². The molecule has 3 aromatic carbocycles. The van der Waals surface area contributed by atoms with Crippen molar-refractivity contribution in [3.63, 3.8) is 0 Å². The molecule has 3 aromatic rings. The fourth-order valence-corrected chi connectivity index (χ4v) is 3.56. The number of benzene rings is 3. The molecular formula is C23H19BrN2O3. The van der Waals surface area contributed by atoms with Gasteiger partial charge in [-0.1, -0.05) is 51.8 Å². The van der Waals surface area contributed by atoms with E-state index in [0.717, 1.165) is 10.0 Å². The number of hydrogen-bond acceptors (Lipinski definition) is 3. The van der Waals surface area contributed by atoms with E-state index in [1.807, 2.05) is 43.3 Å². The van der Waals surface area contributed by atoms with Crippen molar-refractivity contribution in [1.82, 2.24) is 0 Å². The van der Waals surface area contributed by atoms with Crippen LogP contribution >= 0.6 is 15.9 Å². The number of nitrogens with one attached hydrogen (secondary N) is 1. The molecule has 2 amide bonds. The van der Waals surface area contributed by atoms with E-state index >= 15 is 0 Å². The number of halogens is 1. The van der Waals surface area contributed by atoms with Gasteiger partial charge in [-0.05, 0) is 48.9 Å². The maximum atomic E-state index is 12.6. The number of carbonyl (C=O) groups is 2. The first-order valence-electron chi connectivity index (χ1n) is 9.19. The zero-order chi connectivity index (χ0) is 20.4. The summed E-state index contributed by atoms with van der Waals surface area (Å²) in [6.07, 6.45) is 0. The van der Waals surface area contributed by atoms with Gasteiger partial charge in [0.05, 0.1) is 12.2 Å². The third-order valence-electron chi connectivity index (χ3n) is 4.71. The van der Waals surface area contributed by atoms with E-state index in [-0.39, 0.29) is 18.4 Å². The Balaban J connectivity index is 1.60. The molecule has 4 rings (SSSR count). The van der Waals surface area contributed by atoms with Crippen LogP contribution in [0.4, 0.5) is 11.4 Å². The van der Waals surface area contributed by atoms with Gasteiger partial charge in [-0.15, -0.1) is 0 Å². The summed E-state index contributed by atoms with van der Waals surface area (Å²) in [6, 6.07) is 20.6. The van der Waals surface area contributed by atoms with Gasteiger partial charge in [-0.2, -0.15) is 0 Å². The van der Waals surface area contributed by atoms with Crippen LogP contribution in [0.1, 0.15) is 21.5 Å². The number of nitrogens with zero attached hydrogens (tertiary/aromatic N) is 1. The van der Waals surface area contributed by atoms with Gasteiger partial charge in [0.15, 0.2) is 6.61 Å². The number of ether oxygens (including phenoxy) is 1. The molecule has 1 aliphatic heterocycles. The fraction of sp³-hybridized carbons (Fsp3) is 0.130. The summed E-state index contributed by atoms with van der Waals surface area (Å²) in [6.45, 7) is 2.47. The minimum absolute atomic E-state index is 0.00259. The maximum Gasteiger partial charge on any atom is 0.265 e. The second kappa shape index (κ2) is 8.09. The molecule has 0 unspecified atom stereocenters. The molecule has 5 nitrogen and oxygen atoms in total. The second-order valence-electron chi connectivity index (χ2n) is 6.90. The summed E-state index contributed by atoms with van der Waals surface area (Å²) in [5.41, 5.74) is 3.98. The summed E-state index contributed by atoms with van der Waals surface area (Å²) in [4.78, 5) is 26.8. The lowest BCUT2D eigenvalue weighted by molar-refractivity contribution is -0.121. The number of carbonyl (C=O) groups excluding carboxylic acids is 2. The lowest BCUT2D eigenvalue weighted by Gasteiger charge is -2.30. The van der Waals surface area contributed by atoms with Crippen molar-refractivity contribution in [3.05, 3.63) is 87.9 Å². The molecule has 0 bridgehead atoms. The van der Waals surface area contributed by atoms with Crippen LogP contribution < -0.4 is 15.0 Å². The summed E-state index contributed by atoms with van der Waals surface area (Å²) in [5, 5.41) is 2.89. The van der Waals surface area contributed by atoms with E-state index in [4.69, 9.17) is 4.74 Å². The number of anilines is 2. The standard InChI is InChI=1S/C23H19BrN2O3/c1-15-5-7-16(8-6-15)13-26-20-12-19(9-10-21(20)29-14-22(26)27)25-23(28)17-3-2-4-18(24)11-17/h2-12H,13-14H2,1H3,(H,25,28). The van der Waals surface area contributed by atoms with E-state index in [1.165, 1.54) is 5.56 Å². The Morgan fingerprint density at radius 1 is 1.10 bits per heavy atom. The van der Waals surface area contributed by atoms with Gasteiger partial charge in [0.2, 0.25) is 0 Å². The first-order valence-corrected chi connectivity index (χ1v) is 9.98. The third-order valence-corrected chi connectivity index (χ3v) is 5.20. The molecule has 1 N–H and O–H groups in total. The molecule has 0 atom stereocenters. The number of hydrogen-bond donors (Lipinski definition) is 1. The Morgan fingerprint density at radius 3 is 2.66 bits per heavy atom. The van der Waals surface area contributed by atoms with Crippen molar-refractivity contribution in [1.29, 1.82) is 0 Å². The van der Waals surface area contributed by atoms with Crippen molar-refractivity contribution >= 4 is 39.1 Å². The van der Waals surface area contributed by atoms with E-state index < -0.39 is 0 Å². The SMILES string of the molecule is Cc1ccc(CN2C(=O)COc3ccc(NC(=O)c4cccc(Br)c4)cc32)cc1. The Bertz CT molecular complexity index is 1080. The van der Waals surface area contributed by atoms with Crippen molar-refractivity contribution in [2.24, 2.45) is 0 Å². The van der Waals surface area contributed by atoms with E-state index in [0.29, 0.717) is 29.2 Å². The van der Waals surface area contributed by atoms with Crippen LogP contribution in [0.15, 0.2) is 71.2 Å². The molecular weight excluding hydrogens is 432 g/mol. The lowest BCUT2D eigenvalue weighted by Crippen LogP contribution is -2.38. The highest BCUT2D eigenvalue weighted by Crippen LogP contribution is 2.35. The van der Waals surface area contributed by atoms with Gasteiger partial charge in [0.1, 0.15) is 5.75 Å². The number of fused-ring (bicyclic) bond motifs is 1. The summed E-state index contributed by atoms with van der Waals surface area (Å²) < 4.78 is 6.41. The molecule has 0 saturated heterocycles. The van der Waals surface area contributed by atoms with E-state index in [9.17, 15) is 9.59 Å². The Hall–Kier alpha value is -3.12. The smallest absolute Gasteiger partial charge is 0.265 e. The van der Waals surface area contributed by atoms with E-state index in [2.05, 4.69) is 21.2 Å². The molecule has 146 valence electrons.